The first kappa shape index (κ1) is 24.7. The number of fused-ring (bicyclic) bond motifs is 2. The van der Waals surface area contributed by atoms with Gasteiger partial charge in [-0.1, -0.05) is 11.2 Å². The van der Waals surface area contributed by atoms with E-state index >= 15 is 0 Å². The van der Waals surface area contributed by atoms with Crippen LogP contribution in [0.5, 0.6) is 0 Å². The van der Waals surface area contributed by atoms with Crippen molar-refractivity contribution in [2.75, 3.05) is 24.7 Å². The Morgan fingerprint density at radius 3 is 2.92 bits per heavy atom. The lowest BCUT2D eigenvalue weighted by Crippen LogP contribution is -2.71. The summed E-state index contributed by atoms with van der Waals surface area (Å²) in [6, 6.07) is 4.74. The maximum atomic E-state index is 13.1. The highest BCUT2D eigenvalue weighted by molar-refractivity contribution is 8.00. The van der Waals surface area contributed by atoms with Gasteiger partial charge in [-0.2, -0.15) is 0 Å². The number of nitrogen functional groups attached to an aromatic ring is 1. The molecule has 3 aromatic heterocycles. The number of amides is 2. The molecule has 0 aromatic carbocycles. The van der Waals surface area contributed by atoms with Gasteiger partial charge in [0, 0.05) is 22.8 Å². The van der Waals surface area contributed by atoms with Crippen molar-refractivity contribution >= 4 is 57.4 Å². The van der Waals surface area contributed by atoms with Crippen LogP contribution in [0, 0.1) is 0 Å². The second-order valence-corrected chi connectivity index (χ2v) is 10.1. The van der Waals surface area contributed by atoms with Crippen molar-refractivity contribution in [1.29, 1.82) is 0 Å². The average molecular weight is 545 g/mol. The van der Waals surface area contributed by atoms with Gasteiger partial charge >= 0.3 is 5.97 Å². The van der Waals surface area contributed by atoms with E-state index in [4.69, 9.17) is 15.7 Å². The first-order valence-electron chi connectivity index (χ1n) is 11.1. The van der Waals surface area contributed by atoms with Crippen molar-refractivity contribution in [2.24, 2.45) is 5.16 Å². The second kappa shape index (κ2) is 10.2. The molecular weight excluding hydrogens is 522 g/mol. The van der Waals surface area contributed by atoms with Crippen LogP contribution in [0.2, 0.25) is 0 Å². The molecular formula is C22H22N7O6S2+. The number of carboxylic acids is 1. The van der Waals surface area contributed by atoms with E-state index in [1.54, 1.807) is 0 Å². The molecule has 1 saturated heterocycles. The van der Waals surface area contributed by atoms with Crippen molar-refractivity contribution in [3.63, 3.8) is 0 Å². The van der Waals surface area contributed by atoms with E-state index in [0.717, 1.165) is 17.0 Å². The Kier molecular flexibility index (Phi) is 6.82. The van der Waals surface area contributed by atoms with Crippen LogP contribution in [0.4, 0.5) is 5.13 Å². The number of nitrogens with two attached hydrogens (primary N) is 1. The number of carbonyl (C=O) groups excluding carboxylic acids is 2. The van der Waals surface area contributed by atoms with Crippen molar-refractivity contribution < 1.29 is 34.0 Å². The molecule has 3 aromatic rings. The Morgan fingerprint density at radius 1 is 1.35 bits per heavy atom. The van der Waals surface area contributed by atoms with Crippen LogP contribution in [0.15, 0.2) is 58.6 Å². The summed E-state index contributed by atoms with van der Waals surface area (Å²) in [6.45, 7) is -0.154. The van der Waals surface area contributed by atoms with Crippen LogP contribution in [0.3, 0.4) is 0 Å². The summed E-state index contributed by atoms with van der Waals surface area (Å²) in [5.41, 5.74) is 7.01. The minimum atomic E-state index is -1.21. The number of carbonyl (C=O) groups is 3. The molecule has 2 amide bonds. The lowest BCUT2D eigenvalue weighted by Gasteiger charge is -2.49. The second-order valence-electron chi connectivity index (χ2n) is 8.08. The van der Waals surface area contributed by atoms with Gasteiger partial charge in [0.25, 0.3) is 17.5 Å². The minimum Gasteiger partial charge on any atom is -0.477 e. The summed E-state index contributed by atoms with van der Waals surface area (Å²) in [4.78, 5) is 48.5. The molecule has 5 heterocycles. The summed E-state index contributed by atoms with van der Waals surface area (Å²) in [6.07, 6.45) is 5.61. The fourth-order valence-electron chi connectivity index (χ4n) is 4.15. The van der Waals surface area contributed by atoms with Gasteiger partial charge in [0.05, 0.1) is 12.8 Å². The monoisotopic (exact) mass is 544 g/mol. The standard InChI is InChI=1S/C22H21N7O6S2/c23-22-24-13(11-37-22)15(26-35-8-7-30)18(31)25-16-19(32)29-17(21(33)34)12(10-36-20(16)29)9-28-6-5-27-4-2-1-3-14(27)28/h1-6,11,16,20,30H,7-10H2,(H3-,23,24,25,31,33,34)/p+1/t16-,20+/m1/s1. The molecule has 2 aliphatic heterocycles. The zero-order chi connectivity index (χ0) is 26.1. The molecule has 5 N–H and O–H groups in total. The number of hydrogen-bond acceptors (Lipinski definition) is 10. The first-order chi connectivity index (χ1) is 17.9. The highest BCUT2D eigenvalue weighted by atomic mass is 32.2. The number of aliphatic hydroxyl groups excluding tert-OH is 1. The number of aromatic nitrogens is 3. The third kappa shape index (κ3) is 4.63. The Balaban J connectivity index is 1.36. The number of nitrogens with one attached hydrogen (secondary N) is 1. The molecule has 37 heavy (non-hydrogen) atoms. The molecule has 13 nitrogen and oxygen atoms in total. The summed E-state index contributed by atoms with van der Waals surface area (Å²) in [7, 11) is 0. The van der Waals surface area contributed by atoms with Crippen molar-refractivity contribution in [2.45, 2.75) is 18.0 Å². The van der Waals surface area contributed by atoms with E-state index in [1.165, 1.54) is 22.0 Å². The number of anilines is 1. The Morgan fingerprint density at radius 2 is 2.19 bits per heavy atom. The molecule has 2 atom stereocenters. The van der Waals surface area contributed by atoms with Crippen molar-refractivity contribution in [3.05, 3.63) is 59.1 Å². The number of pyridine rings is 1. The Bertz CT molecular complexity index is 1450. The van der Waals surface area contributed by atoms with Crippen LogP contribution in [0.25, 0.3) is 5.65 Å². The quantitative estimate of drug-likeness (QED) is 0.0902. The first-order valence-corrected chi connectivity index (χ1v) is 13.0. The van der Waals surface area contributed by atoms with Gasteiger partial charge in [0.1, 0.15) is 48.4 Å². The zero-order valence-corrected chi connectivity index (χ0v) is 20.8. The fraction of sp³-hybridized carbons (Fsp3) is 0.273. The topological polar surface area (TPSA) is 176 Å². The number of aliphatic hydroxyl groups is 1. The number of β-lactam (4-membered cyclic amide) rings is 1. The Labute approximate surface area is 217 Å². The van der Waals surface area contributed by atoms with Crippen LogP contribution >= 0.6 is 23.1 Å². The molecule has 0 aliphatic carbocycles. The lowest BCUT2D eigenvalue weighted by atomic mass is 10.0. The van der Waals surface area contributed by atoms with Crippen molar-refractivity contribution in [3.8, 4) is 0 Å². The summed E-state index contributed by atoms with van der Waals surface area (Å²) >= 11 is 2.47. The average Bonchev–Trinajstić information content (AvgIpc) is 3.50. The van der Waals surface area contributed by atoms with E-state index < -0.39 is 29.2 Å². The SMILES string of the molecule is Nc1nc(C(=NOCCO)C(=O)N[C@@H]2C(=O)N3C(C(=O)O)=C(C[n+]4ccn5ccccc54)CS[C@@H]23)cs1. The molecule has 0 bridgehead atoms. The van der Waals surface area contributed by atoms with Gasteiger partial charge in [-0.25, -0.2) is 18.7 Å². The van der Waals surface area contributed by atoms with Crippen LogP contribution in [0.1, 0.15) is 5.69 Å². The molecule has 0 unspecified atom stereocenters. The number of thiazole rings is 1. The minimum absolute atomic E-state index is 0.0746. The number of aliphatic carboxylic acids is 1. The summed E-state index contributed by atoms with van der Waals surface area (Å²) in [5, 5.41) is 26.4. The van der Waals surface area contributed by atoms with Crippen molar-refractivity contribution in [1.82, 2.24) is 19.6 Å². The van der Waals surface area contributed by atoms with Crippen LogP contribution in [-0.2, 0) is 25.8 Å². The molecule has 5 rings (SSSR count). The maximum Gasteiger partial charge on any atom is 0.352 e. The van der Waals surface area contributed by atoms with Crippen LogP contribution in [-0.4, -0.2) is 78.4 Å². The number of rotatable bonds is 9. The van der Waals surface area contributed by atoms with Gasteiger partial charge in [-0.3, -0.25) is 14.5 Å². The van der Waals surface area contributed by atoms with E-state index in [-0.39, 0.29) is 35.4 Å². The molecule has 0 radical (unpaired) electrons. The third-order valence-electron chi connectivity index (χ3n) is 5.78. The largest absolute Gasteiger partial charge is 0.477 e. The van der Waals surface area contributed by atoms with Crippen LogP contribution < -0.4 is 15.6 Å². The predicted octanol–water partition coefficient (Wildman–Crippen LogP) is -0.583. The summed E-state index contributed by atoms with van der Waals surface area (Å²) < 4.78 is 3.83. The molecule has 0 saturated carbocycles. The third-order valence-corrected chi connectivity index (χ3v) is 7.80. The molecule has 0 spiro atoms. The van der Waals surface area contributed by atoms with E-state index in [1.807, 2.05) is 45.8 Å². The van der Waals surface area contributed by atoms with E-state index in [2.05, 4.69) is 15.5 Å². The van der Waals surface area contributed by atoms with Gasteiger partial charge < -0.3 is 26.1 Å². The molecule has 2 aliphatic rings. The van der Waals surface area contributed by atoms with Gasteiger partial charge in [-0.05, 0) is 6.07 Å². The molecule has 192 valence electrons. The zero-order valence-electron chi connectivity index (χ0n) is 19.2. The number of hydrogen-bond donors (Lipinski definition) is 4. The van der Waals surface area contributed by atoms with Gasteiger partial charge in [0.2, 0.25) is 0 Å². The fourth-order valence-corrected chi connectivity index (χ4v) is 6.03. The highest BCUT2D eigenvalue weighted by Crippen LogP contribution is 2.40. The molecule has 1 fully saturated rings. The van der Waals surface area contributed by atoms with Gasteiger partial charge in [0.15, 0.2) is 10.8 Å². The normalized spacial score (nSPS) is 19.5. The van der Waals surface area contributed by atoms with Gasteiger partial charge in [-0.15, -0.1) is 23.1 Å². The number of thioether (sulfide) groups is 1. The number of oxime groups is 1. The van der Waals surface area contributed by atoms with E-state index in [0.29, 0.717) is 17.9 Å². The predicted molar refractivity (Wildman–Crippen MR) is 133 cm³/mol. The number of nitrogens with zero attached hydrogens (tertiary/aromatic N) is 5. The maximum absolute atomic E-state index is 13.1. The lowest BCUT2D eigenvalue weighted by molar-refractivity contribution is -0.662. The smallest absolute Gasteiger partial charge is 0.352 e. The highest BCUT2D eigenvalue weighted by Gasteiger charge is 2.54. The number of carboxylic acid groups (broad SMARTS) is 1. The Hall–Kier alpha value is -3.95. The van der Waals surface area contributed by atoms with E-state index in [9.17, 15) is 19.5 Å². The number of imidazole rings is 1. The molecule has 15 heteroatoms. The summed E-state index contributed by atoms with van der Waals surface area (Å²) in [5.74, 6) is -2.12.